The third-order valence-electron chi connectivity index (χ3n) is 3.03. The van der Waals surface area contributed by atoms with Gasteiger partial charge in [-0.15, -0.1) is 0 Å². The molecule has 92 valence electrons. The molecular formula is C13H17BrN2O. The van der Waals surface area contributed by atoms with Crippen molar-refractivity contribution in [3.63, 3.8) is 0 Å². The molecule has 1 unspecified atom stereocenters. The number of carbonyl (C=O) groups excluding carboxylic acids is 1. The maximum atomic E-state index is 12.1. The molecule has 1 atom stereocenters. The van der Waals surface area contributed by atoms with Crippen LogP contribution in [0.3, 0.4) is 0 Å². The molecule has 1 aliphatic heterocycles. The first-order valence-corrected chi connectivity index (χ1v) is 6.77. The van der Waals surface area contributed by atoms with E-state index in [2.05, 4.69) is 21.2 Å². The van der Waals surface area contributed by atoms with Crippen LogP contribution in [0.15, 0.2) is 28.7 Å². The number of carbonyl (C=O) groups is 1. The number of halogens is 1. The second-order valence-electron chi connectivity index (χ2n) is 4.38. The van der Waals surface area contributed by atoms with E-state index in [1.807, 2.05) is 36.1 Å². The van der Waals surface area contributed by atoms with Gasteiger partial charge in [0.2, 0.25) is 5.91 Å². The van der Waals surface area contributed by atoms with Crippen LogP contribution in [0.2, 0.25) is 0 Å². The number of benzene rings is 1. The highest BCUT2D eigenvalue weighted by molar-refractivity contribution is 9.10. The molecule has 1 aromatic rings. The molecular weight excluding hydrogens is 280 g/mol. The van der Waals surface area contributed by atoms with Gasteiger partial charge in [-0.25, -0.2) is 0 Å². The van der Waals surface area contributed by atoms with Gasteiger partial charge in [0.15, 0.2) is 0 Å². The van der Waals surface area contributed by atoms with Crippen LogP contribution in [0.5, 0.6) is 0 Å². The lowest BCUT2D eigenvalue weighted by molar-refractivity contribution is -0.130. The van der Waals surface area contributed by atoms with E-state index in [4.69, 9.17) is 0 Å². The molecule has 0 aromatic heterocycles. The van der Waals surface area contributed by atoms with Crippen LogP contribution in [0.4, 0.5) is 5.69 Å². The van der Waals surface area contributed by atoms with Crippen molar-refractivity contribution in [2.24, 2.45) is 0 Å². The lowest BCUT2D eigenvalue weighted by Crippen LogP contribution is -2.39. The Bertz CT molecular complexity index is 402. The largest absolute Gasteiger partial charge is 0.373 e. The summed E-state index contributed by atoms with van der Waals surface area (Å²) < 4.78 is 0.987. The number of para-hydroxylation sites is 1. The van der Waals surface area contributed by atoms with E-state index in [0.717, 1.165) is 36.1 Å². The van der Waals surface area contributed by atoms with Gasteiger partial charge in [0.05, 0.1) is 0 Å². The number of hydrogen-bond donors (Lipinski definition) is 1. The third-order valence-corrected chi connectivity index (χ3v) is 3.73. The van der Waals surface area contributed by atoms with Crippen LogP contribution in [-0.2, 0) is 4.79 Å². The molecule has 17 heavy (non-hydrogen) atoms. The average Bonchev–Trinajstić information content (AvgIpc) is 2.84. The maximum absolute atomic E-state index is 12.1. The molecule has 1 N–H and O–H groups in total. The molecule has 4 heteroatoms. The predicted octanol–water partition coefficient (Wildman–Crippen LogP) is 2.87. The molecule has 1 aliphatic rings. The van der Waals surface area contributed by atoms with E-state index in [0.29, 0.717) is 0 Å². The Morgan fingerprint density at radius 3 is 2.65 bits per heavy atom. The normalized spacial score (nSPS) is 16.9. The topological polar surface area (TPSA) is 32.3 Å². The summed E-state index contributed by atoms with van der Waals surface area (Å²) in [5, 5.41) is 3.25. The van der Waals surface area contributed by atoms with Crippen molar-refractivity contribution in [1.29, 1.82) is 0 Å². The number of hydrogen-bond acceptors (Lipinski definition) is 2. The maximum Gasteiger partial charge on any atom is 0.244 e. The zero-order chi connectivity index (χ0) is 12.3. The summed E-state index contributed by atoms with van der Waals surface area (Å²) in [7, 11) is 0. The van der Waals surface area contributed by atoms with Gasteiger partial charge in [-0.3, -0.25) is 4.79 Å². The smallest absolute Gasteiger partial charge is 0.244 e. The van der Waals surface area contributed by atoms with Crippen molar-refractivity contribution in [3.8, 4) is 0 Å². The fourth-order valence-corrected chi connectivity index (χ4v) is 2.48. The fraction of sp³-hybridized carbons (Fsp3) is 0.462. The summed E-state index contributed by atoms with van der Waals surface area (Å²) in [6, 6.07) is 7.68. The average molecular weight is 297 g/mol. The highest BCUT2D eigenvalue weighted by Crippen LogP contribution is 2.22. The zero-order valence-electron chi connectivity index (χ0n) is 9.95. The van der Waals surface area contributed by atoms with Gasteiger partial charge in [-0.1, -0.05) is 12.1 Å². The van der Waals surface area contributed by atoms with Crippen molar-refractivity contribution in [2.45, 2.75) is 25.8 Å². The number of rotatable bonds is 3. The molecule has 1 fully saturated rings. The van der Waals surface area contributed by atoms with Crippen LogP contribution in [-0.4, -0.2) is 29.9 Å². The summed E-state index contributed by atoms with van der Waals surface area (Å²) in [4.78, 5) is 14.0. The Morgan fingerprint density at radius 1 is 1.35 bits per heavy atom. The number of nitrogens with zero attached hydrogens (tertiary/aromatic N) is 1. The van der Waals surface area contributed by atoms with Gasteiger partial charge >= 0.3 is 0 Å². The van der Waals surface area contributed by atoms with Crippen molar-refractivity contribution in [1.82, 2.24) is 4.90 Å². The minimum atomic E-state index is -0.174. The molecule has 1 saturated heterocycles. The molecule has 0 spiro atoms. The van der Waals surface area contributed by atoms with Gasteiger partial charge in [0, 0.05) is 23.2 Å². The van der Waals surface area contributed by atoms with Crippen molar-refractivity contribution < 1.29 is 4.79 Å². The second kappa shape index (κ2) is 5.54. The SMILES string of the molecule is CC(Nc1ccccc1Br)C(=O)N1CCCC1. The summed E-state index contributed by atoms with van der Waals surface area (Å²) in [6.07, 6.45) is 2.26. The van der Waals surface area contributed by atoms with Gasteiger partial charge in [-0.05, 0) is 47.8 Å². The number of likely N-dealkylation sites (tertiary alicyclic amines) is 1. The first kappa shape index (κ1) is 12.4. The van der Waals surface area contributed by atoms with Crippen LogP contribution < -0.4 is 5.32 Å². The van der Waals surface area contributed by atoms with E-state index in [-0.39, 0.29) is 11.9 Å². The minimum absolute atomic E-state index is 0.174. The van der Waals surface area contributed by atoms with Gasteiger partial charge in [-0.2, -0.15) is 0 Å². The lowest BCUT2D eigenvalue weighted by atomic mass is 10.2. The lowest BCUT2D eigenvalue weighted by Gasteiger charge is -2.22. The molecule has 2 rings (SSSR count). The quantitative estimate of drug-likeness (QED) is 0.930. The molecule has 3 nitrogen and oxygen atoms in total. The summed E-state index contributed by atoms with van der Waals surface area (Å²) in [5.74, 6) is 0.193. The van der Waals surface area contributed by atoms with E-state index in [1.54, 1.807) is 0 Å². The van der Waals surface area contributed by atoms with Crippen molar-refractivity contribution >= 4 is 27.5 Å². The Hall–Kier alpha value is -1.03. The van der Waals surface area contributed by atoms with Crippen LogP contribution in [0.25, 0.3) is 0 Å². The molecule has 1 heterocycles. The Kier molecular flexibility index (Phi) is 4.05. The second-order valence-corrected chi connectivity index (χ2v) is 5.23. The number of anilines is 1. The third kappa shape index (κ3) is 3.00. The Morgan fingerprint density at radius 2 is 2.00 bits per heavy atom. The van der Waals surface area contributed by atoms with Crippen molar-refractivity contribution in [3.05, 3.63) is 28.7 Å². The Balaban J connectivity index is 1.99. The summed E-state index contributed by atoms with van der Waals surface area (Å²) in [6.45, 7) is 3.72. The zero-order valence-corrected chi connectivity index (χ0v) is 11.5. The summed E-state index contributed by atoms with van der Waals surface area (Å²) in [5.41, 5.74) is 0.965. The van der Waals surface area contributed by atoms with Gasteiger partial charge in [0.1, 0.15) is 6.04 Å². The molecule has 1 amide bonds. The first-order chi connectivity index (χ1) is 8.18. The monoisotopic (exact) mass is 296 g/mol. The molecule has 0 bridgehead atoms. The summed E-state index contributed by atoms with van der Waals surface area (Å²) >= 11 is 3.47. The highest BCUT2D eigenvalue weighted by Gasteiger charge is 2.23. The van der Waals surface area contributed by atoms with Crippen LogP contribution >= 0.6 is 15.9 Å². The molecule has 0 aliphatic carbocycles. The highest BCUT2D eigenvalue weighted by atomic mass is 79.9. The van der Waals surface area contributed by atoms with E-state index >= 15 is 0 Å². The van der Waals surface area contributed by atoms with Gasteiger partial charge in [0.25, 0.3) is 0 Å². The van der Waals surface area contributed by atoms with E-state index < -0.39 is 0 Å². The van der Waals surface area contributed by atoms with Gasteiger partial charge < -0.3 is 10.2 Å². The number of amides is 1. The first-order valence-electron chi connectivity index (χ1n) is 5.98. The van der Waals surface area contributed by atoms with E-state index in [1.165, 1.54) is 0 Å². The van der Waals surface area contributed by atoms with E-state index in [9.17, 15) is 4.79 Å². The molecule has 0 saturated carbocycles. The minimum Gasteiger partial charge on any atom is -0.373 e. The van der Waals surface area contributed by atoms with Crippen LogP contribution in [0, 0.1) is 0 Å². The fourth-order valence-electron chi connectivity index (χ4n) is 2.08. The predicted molar refractivity (Wildman–Crippen MR) is 73.0 cm³/mol. The Labute approximate surface area is 110 Å². The standard InChI is InChI=1S/C13H17BrN2O/c1-10(13(17)16-8-4-5-9-16)15-12-7-3-2-6-11(12)14/h2-3,6-7,10,15H,4-5,8-9H2,1H3. The molecule has 1 aromatic carbocycles. The van der Waals surface area contributed by atoms with Crippen molar-refractivity contribution in [2.75, 3.05) is 18.4 Å². The molecule has 0 radical (unpaired) electrons. The van der Waals surface area contributed by atoms with Crippen LogP contribution in [0.1, 0.15) is 19.8 Å². The number of nitrogens with one attached hydrogen (secondary N) is 1.